The van der Waals surface area contributed by atoms with Gasteiger partial charge in [-0.3, -0.25) is 0 Å². The van der Waals surface area contributed by atoms with Crippen LogP contribution in [-0.4, -0.2) is 26.6 Å². The summed E-state index contributed by atoms with van der Waals surface area (Å²) in [7, 11) is 1.56. The molecule has 0 radical (unpaired) electrons. The van der Waals surface area contributed by atoms with Gasteiger partial charge >= 0.3 is 0 Å². The topological polar surface area (TPSA) is 52.8 Å². The molecule has 0 aliphatic rings. The Morgan fingerprint density at radius 3 is 3.07 bits per heavy atom. The number of nitrogens with zero attached hydrogens (tertiary/aromatic N) is 4. The number of hydrogen-bond donors (Lipinski definition) is 0. The van der Waals surface area contributed by atoms with Crippen LogP contribution in [-0.2, 0) is 6.54 Å². The minimum Gasteiger partial charge on any atom is -0.479 e. The number of methoxy groups -OCH3 is 1. The number of hydrogen-bond acceptors (Lipinski definition) is 4. The van der Waals surface area contributed by atoms with Crippen LogP contribution in [0.5, 0.6) is 5.88 Å². The van der Waals surface area contributed by atoms with Crippen LogP contribution in [0.15, 0.2) is 25.3 Å². The summed E-state index contributed by atoms with van der Waals surface area (Å²) in [5, 5.41) is 0. The average molecular weight is 190 g/mol. The third-order valence-electron chi connectivity index (χ3n) is 1.89. The lowest BCUT2D eigenvalue weighted by molar-refractivity contribution is 0.401. The molecule has 0 atom stereocenters. The predicted octanol–water partition coefficient (Wildman–Crippen LogP) is 1.02. The van der Waals surface area contributed by atoms with Crippen LogP contribution in [0.4, 0.5) is 0 Å². The van der Waals surface area contributed by atoms with Gasteiger partial charge in [-0.25, -0.2) is 9.97 Å². The molecule has 0 aliphatic heterocycles. The summed E-state index contributed by atoms with van der Waals surface area (Å²) in [4.78, 5) is 12.3. The molecule has 72 valence electrons. The van der Waals surface area contributed by atoms with E-state index in [-0.39, 0.29) is 0 Å². The van der Waals surface area contributed by atoms with Crippen LogP contribution >= 0.6 is 0 Å². The minimum absolute atomic E-state index is 0.498. The fourth-order valence-corrected chi connectivity index (χ4v) is 1.28. The van der Waals surface area contributed by atoms with Crippen LogP contribution in [0, 0.1) is 0 Å². The van der Waals surface area contributed by atoms with Gasteiger partial charge in [0.15, 0.2) is 11.2 Å². The summed E-state index contributed by atoms with van der Waals surface area (Å²) in [5.74, 6) is 0.498. The van der Waals surface area contributed by atoms with Crippen LogP contribution in [0.3, 0.4) is 0 Å². The predicted molar refractivity (Wildman–Crippen MR) is 52.1 cm³/mol. The van der Waals surface area contributed by atoms with Crippen molar-refractivity contribution >= 4 is 11.2 Å². The lowest BCUT2D eigenvalue weighted by atomic mass is 10.5. The highest BCUT2D eigenvalue weighted by molar-refractivity contribution is 5.75. The second-order valence-corrected chi connectivity index (χ2v) is 2.74. The fraction of sp³-hybridized carbons (Fsp3) is 0.222. The number of aromatic nitrogens is 4. The molecule has 2 aromatic rings. The zero-order chi connectivity index (χ0) is 9.97. The standard InChI is InChI=1S/C9H10N4O/c1-3-4-13-6-12-7-8(13)10-5-11-9(7)14-2/h3,5-6H,1,4H2,2H3. The van der Waals surface area contributed by atoms with Crippen molar-refractivity contribution < 1.29 is 4.74 Å². The second kappa shape index (κ2) is 3.45. The fourth-order valence-electron chi connectivity index (χ4n) is 1.28. The highest BCUT2D eigenvalue weighted by Crippen LogP contribution is 2.18. The van der Waals surface area contributed by atoms with E-state index >= 15 is 0 Å². The molecule has 14 heavy (non-hydrogen) atoms. The van der Waals surface area contributed by atoms with Crippen LogP contribution in [0.25, 0.3) is 11.2 Å². The molecule has 0 bridgehead atoms. The zero-order valence-electron chi connectivity index (χ0n) is 7.84. The van der Waals surface area contributed by atoms with Gasteiger partial charge in [-0.05, 0) is 0 Å². The maximum atomic E-state index is 5.07. The molecule has 0 N–H and O–H groups in total. The monoisotopic (exact) mass is 190 g/mol. The molecule has 0 fully saturated rings. The van der Waals surface area contributed by atoms with Crippen LogP contribution in [0.1, 0.15) is 0 Å². The molecule has 2 aromatic heterocycles. The van der Waals surface area contributed by atoms with Crippen molar-refractivity contribution in [3.8, 4) is 5.88 Å². The van der Waals surface area contributed by atoms with E-state index in [1.807, 2.05) is 4.57 Å². The van der Waals surface area contributed by atoms with E-state index in [0.717, 1.165) is 5.65 Å². The Morgan fingerprint density at radius 2 is 2.36 bits per heavy atom. The highest BCUT2D eigenvalue weighted by Gasteiger charge is 2.08. The van der Waals surface area contributed by atoms with Gasteiger partial charge in [-0.15, -0.1) is 6.58 Å². The average Bonchev–Trinajstić information content (AvgIpc) is 2.62. The number of fused-ring (bicyclic) bond motifs is 1. The molecule has 2 rings (SSSR count). The third-order valence-corrected chi connectivity index (χ3v) is 1.89. The van der Waals surface area contributed by atoms with Gasteiger partial charge in [-0.2, -0.15) is 4.98 Å². The van der Waals surface area contributed by atoms with Gasteiger partial charge in [0.05, 0.1) is 13.4 Å². The van der Waals surface area contributed by atoms with E-state index in [9.17, 15) is 0 Å². The SMILES string of the molecule is C=CCn1cnc2c(OC)ncnc21. The molecular weight excluding hydrogens is 180 g/mol. The maximum Gasteiger partial charge on any atom is 0.245 e. The smallest absolute Gasteiger partial charge is 0.245 e. The summed E-state index contributed by atoms with van der Waals surface area (Å²) in [6.45, 7) is 4.34. The van der Waals surface area contributed by atoms with Crippen molar-refractivity contribution in [2.45, 2.75) is 6.54 Å². The van der Waals surface area contributed by atoms with E-state index in [1.165, 1.54) is 6.33 Å². The lowest BCUT2D eigenvalue weighted by Gasteiger charge is -1.99. The largest absolute Gasteiger partial charge is 0.479 e. The summed E-state index contributed by atoms with van der Waals surface area (Å²) < 4.78 is 6.95. The van der Waals surface area contributed by atoms with Crippen molar-refractivity contribution in [1.29, 1.82) is 0 Å². The summed E-state index contributed by atoms with van der Waals surface area (Å²) >= 11 is 0. The second-order valence-electron chi connectivity index (χ2n) is 2.74. The molecule has 0 amide bonds. The number of rotatable bonds is 3. The van der Waals surface area contributed by atoms with E-state index < -0.39 is 0 Å². The molecule has 0 saturated heterocycles. The van der Waals surface area contributed by atoms with Crippen molar-refractivity contribution in [3.05, 3.63) is 25.3 Å². The number of imidazole rings is 1. The molecule has 5 nitrogen and oxygen atoms in total. The normalized spacial score (nSPS) is 10.4. The molecular formula is C9H10N4O. The summed E-state index contributed by atoms with van der Waals surface area (Å²) in [5.41, 5.74) is 1.44. The van der Waals surface area contributed by atoms with E-state index in [2.05, 4.69) is 21.5 Å². The zero-order valence-corrected chi connectivity index (χ0v) is 7.84. The van der Waals surface area contributed by atoms with Crippen LogP contribution in [0.2, 0.25) is 0 Å². The molecule has 0 unspecified atom stereocenters. The first-order valence-corrected chi connectivity index (χ1v) is 4.17. The van der Waals surface area contributed by atoms with Gasteiger partial charge in [-0.1, -0.05) is 6.08 Å². The molecule has 0 saturated carbocycles. The van der Waals surface area contributed by atoms with E-state index in [4.69, 9.17) is 4.74 Å². The van der Waals surface area contributed by atoms with Crippen molar-refractivity contribution in [3.63, 3.8) is 0 Å². The number of allylic oxidation sites excluding steroid dienone is 1. The summed E-state index contributed by atoms with van der Waals surface area (Å²) in [6, 6.07) is 0. The summed E-state index contributed by atoms with van der Waals surface area (Å²) in [6.07, 6.45) is 4.95. The van der Waals surface area contributed by atoms with Crippen molar-refractivity contribution in [2.24, 2.45) is 0 Å². The Bertz CT molecular complexity index is 463. The highest BCUT2D eigenvalue weighted by atomic mass is 16.5. The Morgan fingerprint density at radius 1 is 1.50 bits per heavy atom. The lowest BCUT2D eigenvalue weighted by Crippen LogP contribution is -1.96. The first-order valence-electron chi connectivity index (χ1n) is 4.17. The Hall–Kier alpha value is -1.91. The van der Waals surface area contributed by atoms with Crippen LogP contribution < -0.4 is 4.74 Å². The van der Waals surface area contributed by atoms with Gasteiger partial charge in [0.1, 0.15) is 6.33 Å². The van der Waals surface area contributed by atoms with Gasteiger partial charge in [0.25, 0.3) is 0 Å². The molecule has 2 heterocycles. The number of ether oxygens (including phenoxy) is 1. The Balaban J connectivity index is 2.63. The first-order chi connectivity index (χ1) is 6.86. The molecule has 0 spiro atoms. The van der Waals surface area contributed by atoms with E-state index in [0.29, 0.717) is 17.9 Å². The maximum absolute atomic E-state index is 5.07. The van der Waals surface area contributed by atoms with Crippen molar-refractivity contribution in [2.75, 3.05) is 7.11 Å². The molecule has 0 aromatic carbocycles. The Kier molecular flexibility index (Phi) is 2.14. The van der Waals surface area contributed by atoms with Gasteiger partial charge < -0.3 is 9.30 Å². The van der Waals surface area contributed by atoms with Crippen molar-refractivity contribution in [1.82, 2.24) is 19.5 Å². The van der Waals surface area contributed by atoms with Gasteiger partial charge in [0.2, 0.25) is 5.88 Å². The minimum atomic E-state index is 0.498. The Labute approximate surface area is 81.1 Å². The quantitative estimate of drug-likeness (QED) is 0.678. The molecule has 5 heteroatoms. The molecule has 0 aliphatic carbocycles. The van der Waals surface area contributed by atoms with E-state index in [1.54, 1.807) is 19.5 Å². The first kappa shape index (κ1) is 8.68. The third kappa shape index (κ3) is 1.22. The van der Waals surface area contributed by atoms with Gasteiger partial charge in [0, 0.05) is 6.54 Å².